The van der Waals surface area contributed by atoms with Crippen LogP contribution >= 0.6 is 0 Å². The Balaban J connectivity index is 2.10. The molecule has 4 nitrogen and oxygen atoms in total. The van der Waals surface area contributed by atoms with Crippen molar-refractivity contribution in [2.75, 3.05) is 12.3 Å². The third-order valence-corrected chi connectivity index (χ3v) is 3.46. The molecule has 1 aromatic rings. The van der Waals surface area contributed by atoms with Crippen LogP contribution in [0.25, 0.3) is 0 Å². The van der Waals surface area contributed by atoms with Crippen LogP contribution in [-0.4, -0.2) is 23.2 Å². The summed E-state index contributed by atoms with van der Waals surface area (Å²) in [5.41, 5.74) is 3.34. The molecule has 0 atom stereocenters. The molecule has 6 heteroatoms. The van der Waals surface area contributed by atoms with Crippen LogP contribution < -0.4 is 11.1 Å². The maximum atomic E-state index is 13.6. The largest absolute Gasteiger partial charge is 0.396 e. The van der Waals surface area contributed by atoms with Crippen molar-refractivity contribution >= 4 is 11.6 Å². The van der Waals surface area contributed by atoms with E-state index in [0.717, 1.165) is 25.0 Å². The highest BCUT2D eigenvalue weighted by Crippen LogP contribution is 2.28. The molecule has 1 aliphatic rings. The van der Waals surface area contributed by atoms with Crippen LogP contribution in [0.3, 0.4) is 0 Å². The van der Waals surface area contributed by atoms with E-state index >= 15 is 0 Å². The Morgan fingerprint density at radius 1 is 1.37 bits per heavy atom. The number of hydrogen-bond acceptors (Lipinski definition) is 3. The van der Waals surface area contributed by atoms with Crippen molar-refractivity contribution in [3.63, 3.8) is 0 Å². The Morgan fingerprint density at radius 2 is 2.00 bits per heavy atom. The number of nitrogens with one attached hydrogen (secondary N) is 1. The predicted octanol–water partition coefficient (Wildman–Crippen LogP) is 1.58. The lowest BCUT2D eigenvalue weighted by Crippen LogP contribution is -2.41. The van der Waals surface area contributed by atoms with Gasteiger partial charge in [0.15, 0.2) is 5.82 Å². The molecule has 4 N–H and O–H groups in total. The summed E-state index contributed by atoms with van der Waals surface area (Å²) in [5.74, 6) is -2.94. The van der Waals surface area contributed by atoms with E-state index in [4.69, 9.17) is 5.73 Å². The molecule has 0 saturated heterocycles. The molecule has 0 unspecified atom stereocenters. The smallest absolute Gasteiger partial charge is 0.257 e. The fourth-order valence-electron chi connectivity index (χ4n) is 2.32. The molecule has 0 radical (unpaired) electrons. The van der Waals surface area contributed by atoms with Crippen molar-refractivity contribution in [2.45, 2.75) is 31.3 Å². The van der Waals surface area contributed by atoms with E-state index in [1.54, 1.807) is 0 Å². The first-order valence-electron chi connectivity index (χ1n) is 6.17. The fourth-order valence-corrected chi connectivity index (χ4v) is 2.32. The summed E-state index contributed by atoms with van der Waals surface area (Å²) < 4.78 is 27.1. The van der Waals surface area contributed by atoms with E-state index in [1.807, 2.05) is 0 Å². The molecule has 0 aromatic heterocycles. The summed E-state index contributed by atoms with van der Waals surface area (Å²) in [5, 5.41) is 12.4. The van der Waals surface area contributed by atoms with Gasteiger partial charge in [-0.3, -0.25) is 4.79 Å². The molecule has 1 fully saturated rings. The zero-order chi connectivity index (χ0) is 14.0. The molecule has 1 aliphatic carbocycles. The van der Waals surface area contributed by atoms with E-state index in [1.165, 1.54) is 0 Å². The Kier molecular flexibility index (Phi) is 3.71. The highest BCUT2D eigenvalue weighted by Gasteiger charge is 2.32. The first-order chi connectivity index (χ1) is 8.93. The number of nitrogen functional groups attached to an aromatic ring is 1. The van der Waals surface area contributed by atoms with Gasteiger partial charge in [0.25, 0.3) is 5.91 Å². The summed E-state index contributed by atoms with van der Waals surface area (Å²) in [7, 11) is 0. The van der Waals surface area contributed by atoms with Crippen molar-refractivity contribution < 1.29 is 18.7 Å². The van der Waals surface area contributed by atoms with E-state index in [0.29, 0.717) is 12.8 Å². The Morgan fingerprint density at radius 3 is 2.63 bits per heavy atom. The Bertz CT molecular complexity index is 500. The van der Waals surface area contributed by atoms with Crippen LogP contribution in [0.15, 0.2) is 12.1 Å². The number of aliphatic hydroxyl groups is 1. The zero-order valence-electron chi connectivity index (χ0n) is 10.4. The van der Waals surface area contributed by atoms with Crippen LogP contribution in [0.4, 0.5) is 14.5 Å². The molecule has 1 saturated carbocycles. The lowest BCUT2D eigenvalue weighted by atomic mass is 10.0. The predicted molar refractivity (Wildman–Crippen MR) is 66.5 cm³/mol. The van der Waals surface area contributed by atoms with E-state index in [-0.39, 0.29) is 12.2 Å². The monoisotopic (exact) mass is 270 g/mol. The summed E-state index contributed by atoms with van der Waals surface area (Å²) in [6.07, 6.45) is 2.92. The molecular weight excluding hydrogens is 254 g/mol. The van der Waals surface area contributed by atoms with Crippen LogP contribution in [-0.2, 0) is 0 Å². The molecule has 104 valence electrons. The van der Waals surface area contributed by atoms with Crippen molar-refractivity contribution in [2.24, 2.45) is 0 Å². The molecule has 2 rings (SSSR count). The summed E-state index contributed by atoms with van der Waals surface area (Å²) in [6.45, 7) is -0.0144. The number of amides is 1. The third kappa shape index (κ3) is 2.84. The highest BCUT2D eigenvalue weighted by atomic mass is 19.1. The second kappa shape index (κ2) is 5.13. The molecule has 19 heavy (non-hydrogen) atoms. The third-order valence-electron chi connectivity index (χ3n) is 3.46. The molecule has 1 aromatic carbocycles. The van der Waals surface area contributed by atoms with Crippen molar-refractivity contribution in [3.05, 3.63) is 29.3 Å². The van der Waals surface area contributed by atoms with Crippen LogP contribution in [0.1, 0.15) is 36.0 Å². The minimum atomic E-state index is -1.07. The van der Waals surface area contributed by atoms with E-state index < -0.39 is 28.7 Å². The Hall–Kier alpha value is -1.69. The van der Waals surface area contributed by atoms with Crippen LogP contribution in [0, 0.1) is 11.6 Å². The fraction of sp³-hybridized carbons (Fsp3) is 0.462. The van der Waals surface area contributed by atoms with E-state index in [2.05, 4.69) is 5.32 Å². The number of nitrogens with two attached hydrogens (primary N) is 1. The number of halogens is 2. The normalized spacial score (nSPS) is 17.4. The average Bonchev–Trinajstić information content (AvgIpc) is 2.80. The lowest BCUT2D eigenvalue weighted by Gasteiger charge is -2.22. The quantitative estimate of drug-likeness (QED) is 0.730. The summed E-state index contributed by atoms with van der Waals surface area (Å²) >= 11 is 0. The van der Waals surface area contributed by atoms with Gasteiger partial charge in [0.05, 0.1) is 11.3 Å². The van der Waals surface area contributed by atoms with Gasteiger partial charge >= 0.3 is 0 Å². The number of carbonyl (C=O) groups is 1. The zero-order valence-corrected chi connectivity index (χ0v) is 10.4. The first kappa shape index (κ1) is 13.7. The highest BCUT2D eigenvalue weighted by molar-refractivity contribution is 5.95. The van der Waals surface area contributed by atoms with E-state index in [9.17, 15) is 18.7 Å². The topological polar surface area (TPSA) is 75.4 Å². The average molecular weight is 270 g/mol. The van der Waals surface area contributed by atoms with Crippen LogP contribution in [0.5, 0.6) is 0 Å². The van der Waals surface area contributed by atoms with Gasteiger partial charge in [0, 0.05) is 6.54 Å². The molecule has 0 aliphatic heterocycles. The SMILES string of the molecule is Nc1ccc(F)c(C(=O)NCC2(O)CCCC2)c1F. The lowest BCUT2D eigenvalue weighted by molar-refractivity contribution is 0.0447. The van der Waals surface area contributed by atoms with Gasteiger partial charge in [0.1, 0.15) is 11.4 Å². The van der Waals surface area contributed by atoms with Crippen molar-refractivity contribution in [1.82, 2.24) is 5.32 Å². The minimum Gasteiger partial charge on any atom is -0.396 e. The number of anilines is 1. The minimum absolute atomic E-state index is 0.0144. The van der Waals surface area contributed by atoms with Gasteiger partial charge in [-0.2, -0.15) is 0 Å². The second-order valence-electron chi connectivity index (χ2n) is 4.94. The van der Waals surface area contributed by atoms with Crippen LogP contribution in [0.2, 0.25) is 0 Å². The number of carbonyl (C=O) groups excluding carboxylic acids is 1. The van der Waals surface area contributed by atoms with Gasteiger partial charge in [-0.05, 0) is 25.0 Å². The number of hydrogen-bond donors (Lipinski definition) is 3. The molecular formula is C13H16F2N2O2. The second-order valence-corrected chi connectivity index (χ2v) is 4.94. The van der Waals surface area contributed by atoms with Gasteiger partial charge in [-0.15, -0.1) is 0 Å². The number of benzene rings is 1. The van der Waals surface area contributed by atoms with Crippen molar-refractivity contribution in [1.29, 1.82) is 0 Å². The van der Waals surface area contributed by atoms with Gasteiger partial charge in [-0.1, -0.05) is 12.8 Å². The van der Waals surface area contributed by atoms with Crippen molar-refractivity contribution in [3.8, 4) is 0 Å². The van der Waals surface area contributed by atoms with Gasteiger partial charge in [0.2, 0.25) is 0 Å². The summed E-state index contributed by atoms with van der Waals surface area (Å²) in [4.78, 5) is 11.8. The maximum Gasteiger partial charge on any atom is 0.257 e. The number of rotatable bonds is 3. The summed E-state index contributed by atoms with van der Waals surface area (Å²) in [6, 6.07) is 2.00. The first-order valence-corrected chi connectivity index (χ1v) is 6.17. The molecule has 0 bridgehead atoms. The molecule has 0 spiro atoms. The molecule has 0 heterocycles. The molecule has 1 amide bonds. The van der Waals surface area contributed by atoms with Gasteiger partial charge in [-0.25, -0.2) is 8.78 Å². The maximum absolute atomic E-state index is 13.6. The van der Waals surface area contributed by atoms with Gasteiger partial charge < -0.3 is 16.2 Å². The standard InChI is InChI=1S/C13H16F2N2O2/c14-8-3-4-9(16)11(15)10(8)12(18)17-7-13(19)5-1-2-6-13/h3-4,19H,1-2,5-7,16H2,(H,17,18). The Labute approximate surface area is 109 Å².